The molecule has 3 aliphatic heterocycles. The van der Waals surface area contributed by atoms with Crippen LogP contribution >= 0.6 is 0 Å². The van der Waals surface area contributed by atoms with Gasteiger partial charge in [-0.25, -0.2) is 23.9 Å². The predicted molar refractivity (Wildman–Crippen MR) is 147 cm³/mol. The molecule has 0 aliphatic carbocycles. The first kappa shape index (κ1) is 26.8. The van der Waals surface area contributed by atoms with Crippen LogP contribution in [0, 0.1) is 0 Å². The number of aromatic nitrogens is 2. The van der Waals surface area contributed by atoms with Gasteiger partial charge in [-0.1, -0.05) is 24.3 Å². The zero-order chi connectivity index (χ0) is 28.6. The maximum atomic E-state index is 13.4. The standard InChI is InChI=1S/C29H32N6O6/c1-18-24(26(36)39-2)25(19-8-9-21-22(16-19)33-41-32-21)35(28(38)31-18)27(37)30-12-5-13-34-14-10-29(11-15-34)17-40-23-7-4-3-6-20(23)29/h3-4,6-9,16,25H,5,10-15,17H2,1-2H3,(H,30,37)(H,31,38). The summed E-state index contributed by atoms with van der Waals surface area (Å²) in [5.74, 6) is 0.351. The van der Waals surface area contributed by atoms with Crippen molar-refractivity contribution >= 4 is 29.1 Å². The third kappa shape index (κ3) is 4.88. The number of likely N-dealkylation sites (tertiary alicyclic amines) is 1. The first-order chi connectivity index (χ1) is 19.9. The highest BCUT2D eigenvalue weighted by molar-refractivity contribution is 6.01. The van der Waals surface area contributed by atoms with E-state index in [1.165, 1.54) is 12.7 Å². The molecule has 0 radical (unpaired) electrons. The summed E-state index contributed by atoms with van der Waals surface area (Å²) >= 11 is 0. The van der Waals surface area contributed by atoms with Gasteiger partial charge in [-0.2, -0.15) is 0 Å². The van der Waals surface area contributed by atoms with Gasteiger partial charge in [0.15, 0.2) is 0 Å². The fourth-order valence-corrected chi connectivity index (χ4v) is 6.13. The lowest BCUT2D eigenvalue weighted by atomic mass is 9.74. The van der Waals surface area contributed by atoms with Crippen LogP contribution in [0.4, 0.5) is 9.59 Å². The topological polar surface area (TPSA) is 139 Å². The molecule has 1 atom stereocenters. The van der Waals surface area contributed by atoms with E-state index in [1.54, 1.807) is 25.1 Å². The molecular weight excluding hydrogens is 528 g/mol. The third-order valence-electron chi connectivity index (χ3n) is 8.37. The molecule has 12 heteroatoms. The van der Waals surface area contributed by atoms with Crippen LogP contribution in [-0.2, 0) is 14.9 Å². The molecule has 1 saturated heterocycles. The summed E-state index contributed by atoms with van der Waals surface area (Å²) in [4.78, 5) is 42.7. The SMILES string of the molecule is COC(=O)C1=C(C)NC(=O)N(C(=O)NCCCN2CCC3(CC2)COc2ccccc23)C1c1ccc2nonc2c1. The minimum Gasteiger partial charge on any atom is -0.492 e. The fourth-order valence-electron chi connectivity index (χ4n) is 6.13. The number of methoxy groups -OCH3 is 1. The van der Waals surface area contributed by atoms with Crippen molar-refractivity contribution < 1.29 is 28.5 Å². The van der Waals surface area contributed by atoms with E-state index in [-0.39, 0.29) is 11.0 Å². The quantitative estimate of drug-likeness (QED) is 0.343. The number of urea groups is 2. The molecule has 1 aromatic heterocycles. The van der Waals surface area contributed by atoms with Crippen LogP contribution in [-0.4, -0.2) is 78.0 Å². The van der Waals surface area contributed by atoms with Gasteiger partial charge in [-0.3, -0.25) is 0 Å². The zero-order valence-electron chi connectivity index (χ0n) is 23.0. The molecule has 4 amide bonds. The van der Waals surface area contributed by atoms with Crippen molar-refractivity contribution in [3.05, 3.63) is 64.9 Å². The molecule has 0 saturated carbocycles. The molecule has 4 heterocycles. The van der Waals surface area contributed by atoms with E-state index in [0.29, 0.717) is 35.3 Å². The lowest BCUT2D eigenvalue weighted by Crippen LogP contribution is -2.54. The Balaban J connectivity index is 1.10. The fraction of sp³-hybridized carbons (Fsp3) is 0.414. The number of benzene rings is 2. The van der Waals surface area contributed by atoms with Crippen molar-refractivity contribution in [2.24, 2.45) is 0 Å². The molecule has 1 unspecified atom stereocenters. The summed E-state index contributed by atoms with van der Waals surface area (Å²) in [6, 6.07) is 11.0. The van der Waals surface area contributed by atoms with E-state index in [4.69, 9.17) is 14.1 Å². The number of hydrogen-bond acceptors (Lipinski definition) is 9. The Morgan fingerprint density at radius 3 is 2.73 bits per heavy atom. The third-order valence-corrected chi connectivity index (χ3v) is 8.37. The Labute approximate surface area is 236 Å². The molecule has 2 N–H and O–H groups in total. The predicted octanol–water partition coefficient (Wildman–Crippen LogP) is 3.26. The van der Waals surface area contributed by atoms with E-state index in [9.17, 15) is 14.4 Å². The maximum Gasteiger partial charge on any atom is 0.337 e. The van der Waals surface area contributed by atoms with Crippen LogP contribution in [0.25, 0.3) is 11.0 Å². The first-order valence-corrected chi connectivity index (χ1v) is 13.7. The molecule has 1 spiro atoms. The smallest absolute Gasteiger partial charge is 0.337 e. The number of nitrogens with zero attached hydrogens (tertiary/aromatic N) is 4. The molecular formula is C29H32N6O6. The number of fused-ring (bicyclic) bond motifs is 3. The summed E-state index contributed by atoms with van der Waals surface area (Å²) in [5.41, 5.74) is 3.32. The number of esters is 1. The molecule has 214 valence electrons. The van der Waals surface area contributed by atoms with E-state index >= 15 is 0 Å². The lowest BCUT2D eigenvalue weighted by Gasteiger charge is -2.38. The van der Waals surface area contributed by atoms with E-state index < -0.39 is 24.1 Å². The summed E-state index contributed by atoms with van der Waals surface area (Å²) in [7, 11) is 1.26. The lowest BCUT2D eigenvalue weighted by molar-refractivity contribution is -0.136. The van der Waals surface area contributed by atoms with Crippen LogP contribution in [0.5, 0.6) is 5.75 Å². The number of para-hydroxylation sites is 1. The number of amides is 4. The number of hydrogen-bond donors (Lipinski definition) is 2. The summed E-state index contributed by atoms with van der Waals surface area (Å²) in [6.45, 7) is 5.42. The molecule has 1 fully saturated rings. The highest BCUT2D eigenvalue weighted by atomic mass is 16.6. The van der Waals surface area contributed by atoms with E-state index in [1.807, 2.05) is 12.1 Å². The molecule has 41 heavy (non-hydrogen) atoms. The van der Waals surface area contributed by atoms with Crippen molar-refractivity contribution in [3.8, 4) is 5.75 Å². The highest BCUT2D eigenvalue weighted by Crippen LogP contribution is 2.45. The van der Waals surface area contributed by atoms with Gasteiger partial charge >= 0.3 is 18.0 Å². The Kier molecular flexibility index (Phi) is 7.08. The second-order valence-electron chi connectivity index (χ2n) is 10.7. The van der Waals surface area contributed by atoms with Crippen LogP contribution in [0.1, 0.15) is 43.4 Å². The van der Waals surface area contributed by atoms with E-state index in [0.717, 1.165) is 49.7 Å². The molecule has 12 nitrogen and oxygen atoms in total. The second kappa shape index (κ2) is 10.8. The molecule has 3 aliphatic rings. The molecule has 2 aromatic carbocycles. The van der Waals surface area contributed by atoms with Crippen molar-refractivity contribution in [3.63, 3.8) is 0 Å². The average molecular weight is 561 g/mol. The Morgan fingerprint density at radius 2 is 1.93 bits per heavy atom. The van der Waals surface area contributed by atoms with Crippen LogP contribution in [0.15, 0.2) is 58.4 Å². The number of rotatable bonds is 6. The number of carbonyl (C=O) groups is 3. The van der Waals surface area contributed by atoms with Crippen LogP contribution in [0.2, 0.25) is 0 Å². The van der Waals surface area contributed by atoms with Gasteiger partial charge in [0.25, 0.3) is 0 Å². The number of piperidine rings is 1. The van der Waals surface area contributed by atoms with E-state index in [2.05, 4.69) is 38.0 Å². The summed E-state index contributed by atoms with van der Waals surface area (Å²) < 4.78 is 15.8. The minimum absolute atomic E-state index is 0.0893. The van der Waals surface area contributed by atoms with Gasteiger partial charge in [-0.05, 0) is 79.9 Å². The normalized spacial score (nSPS) is 20.1. The zero-order valence-corrected chi connectivity index (χ0v) is 23.0. The Hall–Kier alpha value is -4.45. The number of allylic oxidation sites excluding steroid dienone is 1. The van der Waals surface area contributed by atoms with Gasteiger partial charge in [0, 0.05) is 23.2 Å². The second-order valence-corrected chi connectivity index (χ2v) is 10.7. The molecule has 6 rings (SSSR count). The van der Waals surface area contributed by atoms with Gasteiger partial charge in [0.05, 0.1) is 19.3 Å². The monoisotopic (exact) mass is 560 g/mol. The maximum absolute atomic E-state index is 13.4. The number of nitrogens with one attached hydrogen (secondary N) is 2. The van der Waals surface area contributed by atoms with Gasteiger partial charge < -0.3 is 25.0 Å². The number of ether oxygens (including phenoxy) is 2. The highest BCUT2D eigenvalue weighted by Gasteiger charge is 2.43. The van der Waals surface area contributed by atoms with Gasteiger partial charge in [-0.15, -0.1) is 0 Å². The number of imide groups is 1. The van der Waals surface area contributed by atoms with Crippen LogP contribution in [0.3, 0.4) is 0 Å². The van der Waals surface area contributed by atoms with Gasteiger partial charge in [0.2, 0.25) is 0 Å². The Morgan fingerprint density at radius 1 is 1.15 bits per heavy atom. The van der Waals surface area contributed by atoms with Crippen molar-refractivity contribution in [2.75, 3.05) is 39.9 Å². The van der Waals surface area contributed by atoms with Crippen LogP contribution < -0.4 is 15.4 Å². The van der Waals surface area contributed by atoms with Crippen molar-refractivity contribution in [1.82, 2.24) is 30.7 Å². The first-order valence-electron chi connectivity index (χ1n) is 13.7. The summed E-state index contributed by atoms with van der Waals surface area (Å²) in [6.07, 6.45) is 2.76. The molecule has 3 aromatic rings. The van der Waals surface area contributed by atoms with Crippen molar-refractivity contribution in [2.45, 2.75) is 37.6 Å². The summed E-state index contributed by atoms with van der Waals surface area (Å²) in [5, 5.41) is 13.2. The van der Waals surface area contributed by atoms with Gasteiger partial charge in [0.1, 0.15) is 22.8 Å². The average Bonchev–Trinajstić information content (AvgIpc) is 3.60. The number of carbonyl (C=O) groups excluding carboxylic acids is 3. The van der Waals surface area contributed by atoms with Crippen molar-refractivity contribution in [1.29, 1.82) is 0 Å². The Bertz CT molecular complexity index is 1520. The minimum atomic E-state index is -1.02. The molecule has 0 bridgehead atoms. The largest absolute Gasteiger partial charge is 0.492 e.